The molecule has 2 fully saturated rings. The van der Waals surface area contributed by atoms with Crippen molar-refractivity contribution >= 4 is 44.7 Å². The van der Waals surface area contributed by atoms with Crippen LogP contribution in [0.15, 0.2) is 64.9 Å². The minimum Gasteiger partial charge on any atom is -0.480 e. The van der Waals surface area contributed by atoms with Crippen molar-refractivity contribution in [1.82, 2.24) is 4.90 Å². The van der Waals surface area contributed by atoms with Gasteiger partial charge in [0.25, 0.3) is 0 Å². The van der Waals surface area contributed by atoms with E-state index in [1.165, 1.54) is 6.07 Å². The lowest BCUT2D eigenvalue weighted by atomic mass is 10.0. The monoisotopic (exact) mass is 573 g/mol. The van der Waals surface area contributed by atoms with Gasteiger partial charge in [0, 0.05) is 35.3 Å². The zero-order valence-corrected chi connectivity index (χ0v) is 22.9. The third-order valence-corrected chi connectivity index (χ3v) is 11.9. The van der Waals surface area contributed by atoms with Crippen molar-refractivity contribution in [1.29, 1.82) is 0 Å². The largest absolute Gasteiger partial charge is 0.480 e. The molecule has 3 aromatic rings. The van der Waals surface area contributed by atoms with Crippen molar-refractivity contribution in [3.63, 3.8) is 0 Å². The van der Waals surface area contributed by atoms with E-state index in [1.807, 2.05) is 12.1 Å². The molecule has 2 N–H and O–H groups in total. The van der Waals surface area contributed by atoms with E-state index in [0.29, 0.717) is 54.2 Å². The number of carboxylic acids is 1. The second-order valence-electron chi connectivity index (χ2n) is 9.94. The molecule has 5 rings (SSSR count). The highest BCUT2D eigenvalue weighted by molar-refractivity contribution is 7.96. The number of carbonyl (C=O) groups is 2. The third kappa shape index (κ3) is 5.00. The molecule has 7 nitrogen and oxygen atoms in total. The van der Waals surface area contributed by atoms with E-state index in [4.69, 9.17) is 11.6 Å². The first kappa shape index (κ1) is 26.9. The van der Waals surface area contributed by atoms with E-state index < -0.39 is 26.5 Å². The zero-order chi connectivity index (χ0) is 27.1. The first-order valence-corrected chi connectivity index (χ1v) is 15.2. The van der Waals surface area contributed by atoms with Gasteiger partial charge in [0.1, 0.15) is 4.21 Å². The number of rotatable bonds is 8. The molecule has 10 heteroatoms. The molecular weight excluding hydrogens is 546 g/mol. The van der Waals surface area contributed by atoms with Gasteiger partial charge in [-0.1, -0.05) is 48.0 Å². The van der Waals surface area contributed by atoms with Gasteiger partial charge in [-0.2, -0.15) is 0 Å². The number of aliphatic carboxylic acids is 1. The number of piperidine rings is 1. The smallest absolute Gasteiger partial charge is 0.326 e. The summed E-state index contributed by atoms with van der Waals surface area (Å²) in [7, 11) is -4.17. The van der Waals surface area contributed by atoms with Crippen LogP contribution in [-0.2, 0) is 25.8 Å². The van der Waals surface area contributed by atoms with Crippen LogP contribution in [0.25, 0.3) is 10.4 Å². The number of nitrogens with zero attached hydrogens (tertiary/aromatic N) is 1. The van der Waals surface area contributed by atoms with Crippen LogP contribution in [0.4, 0.5) is 0 Å². The van der Waals surface area contributed by atoms with Crippen molar-refractivity contribution in [2.24, 2.45) is 0 Å². The maximum Gasteiger partial charge on any atom is 0.326 e. The molecule has 2 heterocycles. The molecule has 1 saturated heterocycles. The van der Waals surface area contributed by atoms with Gasteiger partial charge < -0.3 is 15.1 Å². The van der Waals surface area contributed by atoms with E-state index in [0.717, 1.165) is 22.5 Å². The number of carboxylic acid groups (broad SMARTS) is 1. The molecule has 1 aliphatic heterocycles. The number of benzene rings is 2. The number of halogens is 1. The standard InChI is InChI=1S/C28H28ClNO6S2/c29-21-7-5-19(6-8-21)24-9-11-26(37-24)38(35,36)28(27(33)34)17-23(28)20-3-1-2-18(16-20)4-10-25(32)30-14-12-22(31)13-15-30/h1-3,5-9,11,16,22-23,31H,4,10,12-15,17H2,(H,33,34)/t23-,28+/m0/s1. The molecule has 1 aromatic heterocycles. The number of thiophene rings is 1. The van der Waals surface area contributed by atoms with Crippen LogP contribution in [0.5, 0.6) is 0 Å². The molecule has 0 radical (unpaired) electrons. The average molecular weight is 574 g/mol. The van der Waals surface area contributed by atoms with Crippen molar-refractivity contribution in [2.75, 3.05) is 13.1 Å². The molecule has 200 valence electrons. The van der Waals surface area contributed by atoms with Crippen LogP contribution in [0.2, 0.25) is 5.02 Å². The predicted octanol–water partition coefficient (Wildman–Crippen LogP) is 4.77. The lowest BCUT2D eigenvalue weighted by Crippen LogP contribution is -2.40. The molecule has 0 spiro atoms. The van der Waals surface area contributed by atoms with E-state index >= 15 is 0 Å². The summed E-state index contributed by atoms with van der Waals surface area (Å²) in [6, 6.07) is 17.4. The van der Waals surface area contributed by atoms with Gasteiger partial charge in [0.15, 0.2) is 4.75 Å². The second-order valence-corrected chi connectivity index (χ2v) is 13.9. The molecule has 1 amide bonds. The van der Waals surface area contributed by atoms with Crippen LogP contribution in [0.1, 0.15) is 42.7 Å². The van der Waals surface area contributed by atoms with Gasteiger partial charge in [0.2, 0.25) is 15.7 Å². The lowest BCUT2D eigenvalue weighted by Gasteiger charge is -2.29. The zero-order valence-electron chi connectivity index (χ0n) is 20.5. The first-order chi connectivity index (χ1) is 18.1. The molecule has 2 aliphatic rings. The average Bonchev–Trinajstić information content (AvgIpc) is 3.50. The third-order valence-electron chi connectivity index (χ3n) is 7.52. The van der Waals surface area contributed by atoms with Crippen LogP contribution < -0.4 is 0 Å². The Labute approximate surface area is 230 Å². The van der Waals surface area contributed by atoms with E-state index in [9.17, 15) is 28.2 Å². The van der Waals surface area contributed by atoms with E-state index in [1.54, 1.807) is 47.4 Å². The van der Waals surface area contributed by atoms with Crippen molar-refractivity contribution in [3.05, 3.63) is 76.8 Å². The Morgan fingerprint density at radius 2 is 1.76 bits per heavy atom. The molecule has 2 atom stereocenters. The topological polar surface area (TPSA) is 112 Å². The van der Waals surface area contributed by atoms with E-state index in [2.05, 4.69) is 0 Å². The maximum absolute atomic E-state index is 13.7. The summed E-state index contributed by atoms with van der Waals surface area (Å²) >= 11 is 7.01. The number of amides is 1. The Kier molecular flexibility index (Phi) is 7.39. The number of sulfone groups is 1. The summed E-state index contributed by atoms with van der Waals surface area (Å²) in [5.41, 5.74) is 2.31. The highest BCUT2D eigenvalue weighted by Gasteiger charge is 2.70. The van der Waals surface area contributed by atoms with Crippen LogP contribution in [0.3, 0.4) is 0 Å². The van der Waals surface area contributed by atoms with Gasteiger partial charge >= 0.3 is 5.97 Å². The number of aliphatic hydroxyl groups excluding tert-OH is 1. The van der Waals surface area contributed by atoms with Crippen LogP contribution in [0, 0.1) is 0 Å². The minimum absolute atomic E-state index is 0.00265. The fraction of sp³-hybridized carbons (Fsp3) is 0.357. The molecule has 1 aliphatic carbocycles. The number of likely N-dealkylation sites (tertiary alicyclic amines) is 1. The predicted molar refractivity (Wildman–Crippen MR) is 146 cm³/mol. The fourth-order valence-electron chi connectivity index (χ4n) is 5.18. The second kappa shape index (κ2) is 10.4. The Morgan fingerprint density at radius 1 is 1.05 bits per heavy atom. The van der Waals surface area contributed by atoms with Gasteiger partial charge in [-0.3, -0.25) is 9.59 Å². The Balaban J connectivity index is 1.33. The lowest BCUT2D eigenvalue weighted by molar-refractivity contribution is -0.137. The number of hydrogen-bond acceptors (Lipinski definition) is 6. The summed E-state index contributed by atoms with van der Waals surface area (Å²) in [5, 5.41) is 20.4. The Morgan fingerprint density at radius 3 is 2.45 bits per heavy atom. The Bertz CT molecular complexity index is 1460. The first-order valence-electron chi connectivity index (χ1n) is 12.5. The molecule has 0 unspecified atom stereocenters. The number of aryl methyl sites for hydroxylation is 1. The van der Waals surface area contributed by atoms with Gasteiger partial charge in [-0.05, 0) is 66.6 Å². The summed E-state index contributed by atoms with van der Waals surface area (Å²) in [4.78, 5) is 27.5. The fourth-order valence-corrected chi connectivity index (χ4v) is 8.94. The number of aliphatic hydroxyl groups is 1. The molecule has 0 bridgehead atoms. The minimum atomic E-state index is -4.17. The van der Waals surface area contributed by atoms with Crippen LogP contribution in [-0.4, -0.2) is 59.3 Å². The van der Waals surface area contributed by atoms with Crippen molar-refractivity contribution < 1.29 is 28.2 Å². The molecule has 38 heavy (non-hydrogen) atoms. The van der Waals surface area contributed by atoms with Gasteiger partial charge in [0.05, 0.1) is 6.10 Å². The summed E-state index contributed by atoms with van der Waals surface area (Å²) in [6.07, 6.45) is 1.59. The van der Waals surface area contributed by atoms with Gasteiger partial charge in [-0.15, -0.1) is 11.3 Å². The SMILES string of the molecule is O=C(CCc1cccc([C@@H]2C[C@@]2(C(=O)O)S(=O)(=O)c2ccc(-c3ccc(Cl)cc3)s2)c1)N1CCC(O)CC1. The number of hydrogen-bond donors (Lipinski definition) is 2. The van der Waals surface area contributed by atoms with Crippen molar-refractivity contribution in [2.45, 2.75) is 53.1 Å². The number of carbonyl (C=O) groups excluding carboxylic acids is 1. The summed E-state index contributed by atoms with van der Waals surface area (Å²) < 4.78 is 25.5. The normalized spacial score (nSPS) is 21.8. The van der Waals surface area contributed by atoms with Crippen molar-refractivity contribution in [3.8, 4) is 10.4 Å². The quantitative estimate of drug-likeness (QED) is 0.401. The highest BCUT2D eigenvalue weighted by atomic mass is 35.5. The maximum atomic E-state index is 13.7. The highest BCUT2D eigenvalue weighted by Crippen LogP contribution is 2.59. The van der Waals surface area contributed by atoms with Crippen LogP contribution >= 0.6 is 22.9 Å². The summed E-state index contributed by atoms with van der Waals surface area (Å²) in [5.74, 6) is -2.01. The molecule has 2 aromatic carbocycles. The Hall–Kier alpha value is -2.72. The van der Waals surface area contributed by atoms with E-state index in [-0.39, 0.29) is 22.6 Å². The molecule has 1 saturated carbocycles. The van der Waals surface area contributed by atoms with Gasteiger partial charge in [-0.25, -0.2) is 8.42 Å². The molecular formula is C28H28ClNO6S2. The summed E-state index contributed by atoms with van der Waals surface area (Å²) in [6.45, 7) is 1.09.